The van der Waals surface area contributed by atoms with Crippen LogP contribution in [-0.2, 0) is 20.9 Å². The van der Waals surface area contributed by atoms with Crippen LogP contribution in [-0.4, -0.2) is 24.4 Å². The second-order valence-electron chi connectivity index (χ2n) is 5.36. The van der Waals surface area contributed by atoms with E-state index in [1.165, 1.54) is 31.2 Å². The zero-order valence-electron chi connectivity index (χ0n) is 13.8. The molecule has 0 heterocycles. The molecule has 0 aliphatic carbocycles. The van der Waals surface area contributed by atoms with Gasteiger partial charge in [0.25, 0.3) is 5.91 Å². The monoisotopic (exact) mass is 378 g/mol. The maximum atomic E-state index is 13.1. The second-order valence-corrected chi connectivity index (χ2v) is 5.77. The van der Waals surface area contributed by atoms with Gasteiger partial charge in [-0.1, -0.05) is 23.7 Å². The van der Waals surface area contributed by atoms with Crippen molar-refractivity contribution < 1.29 is 23.5 Å². The number of halogens is 2. The van der Waals surface area contributed by atoms with E-state index in [4.69, 9.17) is 16.3 Å². The Labute approximate surface area is 154 Å². The summed E-state index contributed by atoms with van der Waals surface area (Å²) in [5.41, 5.74) is 1.39. The first-order valence-electron chi connectivity index (χ1n) is 7.60. The number of hydrogen-bond acceptors (Lipinski definition) is 4. The molecule has 2 rings (SSSR count). The summed E-state index contributed by atoms with van der Waals surface area (Å²) in [4.78, 5) is 34.6. The number of rotatable bonds is 6. The normalized spacial score (nSPS) is 10.1. The van der Waals surface area contributed by atoms with Crippen molar-refractivity contribution in [1.29, 1.82) is 0 Å². The molecule has 6 nitrogen and oxygen atoms in total. The third-order valence-electron chi connectivity index (χ3n) is 3.27. The van der Waals surface area contributed by atoms with Crippen LogP contribution < -0.4 is 10.6 Å². The number of benzene rings is 2. The molecule has 136 valence electrons. The van der Waals surface area contributed by atoms with Crippen molar-refractivity contribution in [3.05, 3.63) is 64.4 Å². The van der Waals surface area contributed by atoms with Crippen molar-refractivity contribution in [3.8, 4) is 0 Å². The fourth-order valence-electron chi connectivity index (χ4n) is 1.97. The van der Waals surface area contributed by atoms with Gasteiger partial charge < -0.3 is 15.4 Å². The molecule has 0 aromatic heterocycles. The van der Waals surface area contributed by atoms with Crippen molar-refractivity contribution in [2.45, 2.75) is 13.5 Å². The SMILES string of the molecule is CC(=O)NCc1ccc(C(=O)OCC(=O)Nc2ccc(F)c(Cl)c2)cc1. The molecule has 0 saturated heterocycles. The molecule has 8 heteroatoms. The summed E-state index contributed by atoms with van der Waals surface area (Å²) in [6, 6.07) is 10.1. The number of carbonyl (C=O) groups is 3. The lowest BCUT2D eigenvalue weighted by atomic mass is 10.1. The lowest BCUT2D eigenvalue weighted by molar-refractivity contribution is -0.119. The molecule has 2 amide bonds. The van der Waals surface area contributed by atoms with E-state index in [-0.39, 0.29) is 16.5 Å². The maximum absolute atomic E-state index is 13.1. The van der Waals surface area contributed by atoms with Crippen LogP contribution in [0.1, 0.15) is 22.8 Å². The summed E-state index contributed by atoms with van der Waals surface area (Å²) in [5, 5.41) is 4.96. The summed E-state index contributed by atoms with van der Waals surface area (Å²) < 4.78 is 18.0. The van der Waals surface area contributed by atoms with Crippen molar-refractivity contribution in [3.63, 3.8) is 0 Å². The van der Waals surface area contributed by atoms with Crippen LogP contribution in [0.2, 0.25) is 5.02 Å². The van der Waals surface area contributed by atoms with Crippen molar-refractivity contribution in [2.75, 3.05) is 11.9 Å². The Morgan fingerprint density at radius 1 is 1.12 bits per heavy atom. The van der Waals surface area contributed by atoms with Crippen LogP contribution in [0.25, 0.3) is 0 Å². The lowest BCUT2D eigenvalue weighted by Gasteiger charge is -2.08. The van der Waals surface area contributed by atoms with E-state index < -0.39 is 24.3 Å². The van der Waals surface area contributed by atoms with Gasteiger partial charge >= 0.3 is 5.97 Å². The van der Waals surface area contributed by atoms with Gasteiger partial charge in [0.05, 0.1) is 10.6 Å². The van der Waals surface area contributed by atoms with Gasteiger partial charge in [-0.25, -0.2) is 9.18 Å². The predicted molar refractivity (Wildman–Crippen MR) is 94.3 cm³/mol. The van der Waals surface area contributed by atoms with E-state index in [0.717, 1.165) is 11.6 Å². The Balaban J connectivity index is 1.84. The average molecular weight is 379 g/mol. The minimum absolute atomic E-state index is 0.126. The van der Waals surface area contributed by atoms with Gasteiger partial charge in [0, 0.05) is 19.2 Å². The van der Waals surface area contributed by atoms with Crippen LogP contribution >= 0.6 is 11.6 Å². The van der Waals surface area contributed by atoms with Gasteiger partial charge in [-0.2, -0.15) is 0 Å². The summed E-state index contributed by atoms with van der Waals surface area (Å²) in [6.07, 6.45) is 0. The summed E-state index contributed by atoms with van der Waals surface area (Å²) in [7, 11) is 0. The van der Waals surface area contributed by atoms with Gasteiger partial charge in [-0.3, -0.25) is 9.59 Å². The summed E-state index contributed by atoms with van der Waals surface area (Å²) >= 11 is 5.62. The average Bonchev–Trinajstić information content (AvgIpc) is 2.61. The van der Waals surface area contributed by atoms with Crippen molar-refractivity contribution >= 4 is 35.1 Å². The Kier molecular flexibility index (Phi) is 6.68. The highest BCUT2D eigenvalue weighted by Gasteiger charge is 2.11. The smallest absolute Gasteiger partial charge is 0.338 e. The van der Waals surface area contributed by atoms with Gasteiger partial charge in [-0.15, -0.1) is 0 Å². The molecular formula is C18H16ClFN2O4. The number of nitrogens with one attached hydrogen (secondary N) is 2. The van der Waals surface area contributed by atoms with Gasteiger partial charge in [0.15, 0.2) is 6.61 Å². The molecule has 26 heavy (non-hydrogen) atoms. The zero-order valence-corrected chi connectivity index (χ0v) is 14.6. The third kappa shape index (κ3) is 5.86. The van der Waals surface area contributed by atoms with E-state index >= 15 is 0 Å². The number of amides is 2. The number of carbonyl (C=O) groups excluding carboxylic acids is 3. The van der Waals surface area contributed by atoms with Gasteiger partial charge in [0.2, 0.25) is 5.91 Å². The molecule has 0 aliphatic rings. The van der Waals surface area contributed by atoms with Crippen LogP contribution in [0.4, 0.5) is 10.1 Å². The number of ether oxygens (including phenoxy) is 1. The first-order chi connectivity index (χ1) is 12.3. The minimum atomic E-state index is -0.664. The van der Waals surface area contributed by atoms with Crippen LogP contribution in [0.15, 0.2) is 42.5 Å². The zero-order chi connectivity index (χ0) is 19.1. The van der Waals surface area contributed by atoms with Gasteiger partial charge in [-0.05, 0) is 35.9 Å². The maximum Gasteiger partial charge on any atom is 0.338 e. The van der Waals surface area contributed by atoms with E-state index in [2.05, 4.69) is 10.6 Å². The fourth-order valence-corrected chi connectivity index (χ4v) is 2.15. The number of hydrogen-bond donors (Lipinski definition) is 2. The highest BCUT2D eigenvalue weighted by Crippen LogP contribution is 2.19. The molecule has 2 N–H and O–H groups in total. The molecule has 0 atom stereocenters. The Hall–Kier alpha value is -2.93. The molecule has 2 aromatic rings. The Bertz CT molecular complexity index is 824. The summed E-state index contributed by atoms with van der Waals surface area (Å²) in [6.45, 7) is 1.27. The van der Waals surface area contributed by atoms with E-state index in [1.54, 1.807) is 12.1 Å². The molecule has 2 aromatic carbocycles. The standard InChI is InChI=1S/C18H16ClFN2O4/c1-11(23)21-9-12-2-4-13(5-3-12)18(25)26-10-17(24)22-14-6-7-16(20)15(19)8-14/h2-8H,9-10H2,1H3,(H,21,23)(H,22,24). The predicted octanol–water partition coefficient (Wildman–Crippen LogP) is 2.91. The van der Waals surface area contributed by atoms with Crippen LogP contribution in [0, 0.1) is 5.82 Å². The lowest BCUT2D eigenvalue weighted by Crippen LogP contribution is -2.21. The second kappa shape index (κ2) is 8.96. The van der Waals surface area contributed by atoms with E-state index in [0.29, 0.717) is 12.2 Å². The topological polar surface area (TPSA) is 84.5 Å². The fraction of sp³-hybridized carbons (Fsp3) is 0.167. The molecule has 0 fully saturated rings. The first-order valence-corrected chi connectivity index (χ1v) is 7.98. The van der Waals surface area contributed by atoms with E-state index in [1.807, 2.05) is 0 Å². The third-order valence-corrected chi connectivity index (χ3v) is 3.56. The number of esters is 1. The molecule has 0 bridgehead atoms. The quantitative estimate of drug-likeness (QED) is 0.757. The largest absolute Gasteiger partial charge is 0.452 e. The first kappa shape index (κ1) is 19.4. The highest BCUT2D eigenvalue weighted by molar-refractivity contribution is 6.31. The summed E-state index contributed by atoms with van der Waals surface area (Å²) in [5.74, 6) is -1.99. The van der Waals surface area contributed by atoms with Crippen LogP contribution in [0.3, 0.4) is 0 Å². The van der Waals surface area contributed by atoms with Gasteiger partial charge in [0.1, 0.15) is 5.82 Å². The highest BCUT2D eigenvalue weighted by atomic mass is 35.5. The molecule has 0 radical (unpaired) electrons. The Morgan fingerprint density at radius 2 is 1.81 bits per heavy atom. The molecule has 0 unspecified atom stereocenters. The van der Waals surface area contributed by atoms with Crippen molar-refractivity contribution in [1.82, 2.24) is 5.32 Å². The van der Waals surface area contributed by atoms with Crippen LogP contribution in [0.5, 0.6) is 0 Å². The molecule has 0 spiro atoms. The Morgan fingerprint density at radius 3 is 2.42 bits per heavy atom. The molecular weight excluding hydrogens is 363 g/mol. The van der Waals surface area contributed by atoms with Crippen molar-refractivity contribution in [2.24, 2.45) is 0 Å². The molecule has 0 aliphatic heterocycles. The van der Waals surface area contributed by atoms with E-state index in [9.17, 15) is 18.8 Å². The molecule has 0 saturated carbocycles. The number of anilines is 1. The minimum Gasteiger partial charge on any atom is -0.452 e.